The summed E-state index contributed by atoms with van der Waals surface area (Å²) < 4.78 is 44.4. The van der Waals surface area contributed by atoms with Gasteiger partial charge in [0.05, 0.1) is 35.1 Å². The Bertz CT molecular complexity index is 1480. The van der Waals surface area contributed by atoms with Crippen LogP contribution in [-0.2, 0) is 16.4 Å². The van der Waals surface area contributed by atoms with Crippen molar-refractivity contribution in [3.8, 4) is 22.4 Å². The van der Waals surface area contributed by atoms with Crippen molar-refractivity contribution < 1.29 is 17.9 Å². The van der Waals surface area contributed by atoms with Crippen LogP contribution in [0.3, 0.4) is 0 Å². The molecule has 36 heavy (non-hydrogen) atoms. The molecule has 0 bridgehead atoms. The number of nitrogens with two attached hydrogens (primary N) is 1. The summed E-state index contributed by atoms with van der Waals surface area (Å²) in [5.74, 6) is -0.348. The van der Waals surface area contributed by atoms with Crippen LogP contribution in [-0.4, -0.2) is 29.6 Å². The molecule has 2 atom stereocenters. The summed E-state index contributed by atoms with van der Waals surface area (Å²) in [6.45, 7) is 0. The smallest absolute Gasteiger partial charge is 0.241 e. The molecule has 4 aromatic rings. The minimum Gasteiger partial charge on any atom is -0.391 e. The third kappa shape index (κ3) is 5.25. The minimum atomic E-state index is -4.05. The van der Waals surface area contributed by atoms with E-state index in [1.54, 1.807) is 30.3 Å². The van der Waals surface area contributed by atoms with Gasteiger partial charge in [0.2, 0.25) is 10.0 Å². The van der Waals surface area contributed by atoms with E-state index in [2.05, 4.69) is 14.7 Å². The number of aliphatic hydroxyl groups is 1. The fraction of sp³-hybridized carbons (Fsp3) is 0.120. The predicted octanol–water partition coefficient (Wildman–Crippen LogP) is 3.69. The van der Waals surface area contributed by atoms with Crippen molar-refractivity contribution in [1.29, 1.82) is 0 Å². The number of benzene rings is 3. The van der Waals surface area contributed by atoms with Crippen LogP contribution < -0.4 is 10.5 Å². The van der Waals surface area contributed by atoms with Crippen LogP contribution in [0.15, 0.2) is 84.0 Å². The number of nitrogen functional groups attached to an aromatic ring is 1. The first-order chi connectivity index (χ1) is 16.3. The van der Waals surface area contributed by atoms with Gasteiger partial charge in [-0.15, -0.1) is 0 Å². The second-order valence-corrected chi connectivity index (χ2v) is 9.77. The minimum absolute atomic E-state index is 0. The summed E-state index contributed by atoms with van der Waals surface area (Å²) in [4.78, 5) is 8.02. The van der Waals surface area contributed by atoms with E-state index >= 15 is 0 Å². The fourth-order valence-corrected chi connectivity index (χ4v) is 5.73. The van der Waals surface area contributed by atoms with Crippen LogP contribution in [0.4, 0.5) is 10.2 Å². The van der Waals surface area contributed by atoms with Gasteiger partial charge in [-0.2, -0.15) is 27.0 Å². The van der Waals surface area contributed by atoms with Crippen molar-refractivity contribution in [2.24, 2.45) is 0 Å². The highest BCUT2D eigenvalue weighted by atomic mass is 32.2. The van der Waals surface area contributed by atoms with Gasteiger partial charge in [-0.05, 0) is 34.9 Å². The molecule has 0 saturated carbocycles. The number of hydrogen-bond acceptors (Lipinski definition) is 6. The van der Waals surface area contributed by atoms with Gasteiger partial charge in [-0.25, -0.2) is 22.5 Å². The number of aliphatic hydroxyl groups excluding tert-OH is 1. The first-order valence-corrected chi connectivity index (χ1v) is 12.1. The van der Waals surface area contributed by atoms with E-state index < -0.39 is 28.0 Å². The van der Waals surface area contributed by atoms with Crippen molar-refractivity contribution in [2.75, 3.05) is 5.73 Å². The Kier molecular flexibility index (Phi) is 8.42. The summed E-state index contributed by atoms with van der Waals surface area (Å²) in [6, 6.07) is 17.4. The Hall–Kier alpha value is -2.96. The maximum absolute atomic E-state index is 15.0. The summed E-state index contributed by atoms with van der Waals surface area (Å²) in [7, 11) is -4.05. The summed E-state index contributed by atoms with van der Waals surface area (Å²) in [5, 5.41) is 10.5. The predicted molar refractivity (Wildman–Crippen MR) is 147 cm³/mol. The van der Waals surface area contributed by atoms with Gasteiger partial charge in [-0.3, -0.25) is 4.98 Å². The van der Waals surface area contributed by atoms with E-state index in [9.17, 15) is 17.9 Å². The molecule has 1 heterocycles. The van der Waals surface area contributed by atoms with Crippen LogP contribution in [0.2, 0.25) is 0 Å². The molecule has 0 fully saturated rings. The molecule has 188 valence electrons. The van der Waals surface area contributed by atoms with Crippen molar-refractivity contribution in [2.45, 2.75) is 23.5 Å². The van der Waals surface area contributed by atoms with Crippen LogP contribution in [0.1, 0.15) is 17.2 Å². The number of nitrogens with zero attached hydrogens (tertiary/aromatic N) is 2. The molecule has 1 aliphatic carbocycles. The van der Waals surface area contributed by atoms with Gasteiger partial charge in [-0.1, -0.05) is 48.5 Å². The summed E-state index contributed by atoms with van der Waals surface area (Å²) >= 11 is 0. The summed E-state index contributed by atoms with van der Waals surface area (Å²) in [5.41, 5.74) is 8.46. The van der Waals surface area contributed by atoms with Crippen molar-refractivity contribution >= 4 is 42.8 Å². The second kappa shape index (κ2) is 11.0. The Morgan fingerprint density at radius 2 is 1.67 bits per heavy atom. The van der Waals surface area contributed by atoms with Crippen molar-refractivity contribution in [1.82, 2.24) is 14.7 Å². The molecule has 1 aliphatic rings. The Balaban J connectivity index is 0.00000180. The number of nitrogens with one attached hydrogen (secondary N) is 1. The van der Waals surface area contributed by atoms with Gasteiger partial charge >= 0.3 is 0 Å². The molecule has 4 N–H and O–H groups in total. The first-order valence-electron chi connectivity index (χ1n) is 10.6. The van der Waals surface area contributed by atoms with Gasteiger partial charge in [0.1, 0.15) is 11.6 Å². The fourth-order valence-electron chi connectivity index (χ4n) is 4.25. The lowest BCUT2D eigenvalue weighted by Crippen LogP contribution is -2.34. The van der Waals surface area contributed by atoms with E-state index in [4.69, 9.17) is 5.73 Å². The highest BCUT2D eigenvalue weighted by Crippen LogP contribution is 2.35. The highest BCUT2D eigenvalue weighted by Gasteiger charge is 2.35. The zero-order valence-electron chi connectivity index (χ0n) is 18.9. The monoisotopic (exact) mass is 544 g/mol. The largest absolute Gasteiger partial charge is 0.391 e. The second-order valence-electron chi connectivity index (χ2n) is 8.09. The van der Waals surface area contributed by atoms with Gasteiger partial charge in [0.15, 0.2) is 0 Å². The molecule has 0 radical (unpaired) electrons. The highest BCUT2D eigenvalue weighted by molar-refractivity contribution is 7.89. The Morgan fingerprint density at radius 1 is 0.944 bits per heavy atom. The topological polar surface area (TPSA) is 118 Å². The molecule has 3 aromatic carbocycles. The molecule has 0 spiro atoms. The quantitative estimate of drug-likeness (QED) is 0.353. The normalized spacial score (nSPS) is 16.5. The Labute approximate surface area is 222 Å². The third-order valence-corrected chi connectivity index (χ3v) is 7.39. The molecular weight excluding hydrogens is 519 g/mol. The third-order valence-electron chi connectivity index (χ3n) is 5.89. The number of sulfonamides is 1. The van der Waals surface area contributed by atoms with E-state index in [0.29, 0.717) is 23.2 Å². The van der Waals surface area contributed by atoms with E-state index in [1.807, 2.05) is 18.2 Å². The molecule has 11 heteroatoms. The SMILES string of the molecule is Nc1cnc(-c2ccc(-c3ccccc3S(=O)(=O)N[C@H]3c4ccccc4C[C@@H]3O)cc2F)cn1.S.S. The zero-order chi connectivity index (χ0) is 23.9. The lowest BCUT2D eigenvalue weighted by Gasteiger charge is -2.19. The molecule has 0 unspecified atom stereocenters. The number of rotatable bonds is 5. The van der Waals surface area contributed by atoms with Crippen LogP contribution in [0.5, 0.6) is 0 Å². The zero-order valence-corrected chi connectivity index (χ0v) is 21.7. The number of hydrogen-bond donors (Lipinski definition) is 3. The molecule has 0 amide bonds. The maximum Gasteiger partial charge on any atom is 0.241 e. The van der Waals surface area contributed by atoms with E-state index in [-0.39, 0.29) is 43.3 Å². The molecular formula is C25H25FN4O3S3. The molecule has 5 rings (SSSR count). The van der Waals surface area contributed by atoms with Crippen LogP contribution >= 0.6 is 27.0 Å². The molecule has 0 aliphatic heterocycles. The average molecular weight is 545 g/mol. The average Bonchev–Trinajstić information content (AvgIpc) is 3.14. The van der Waals surface area contributed by atoms with Gasteiger partial charge < -0.3 is 10.8 Å². The molecule has 7 nitrogen and oxygen atoms in total. The standard InChI is InChI=1S/C25H21FN4O3S.2H2S/c26-20-11-16(9-10-19(20)21-13-29-24(27)14-28-21)17-6-3-4-8-23(17)34(32,33)30-25-18-7-2-1-5-15(18)12-22(25)31;;/h1-11,13-14,22,25,30-31H,12H2,(H2,27,29);2*1H2/t22-,25-;;/m0../s1. The van der Waals surface area contributed by atoms with Crippen molar-refractivity contribution in [3.05, 3.63) is 96.1 Å². The van der Waals surface area contributed by atoms with Crippen molar-refractivity contribution in [3.63, 3.8) is 0 Å². The number of halogens is 1. The first kappa shape index (κ1) is 27.6. The molecule has 0 saturated heterocycles. The molecule has 1 aromatic heterocycles. The van der Waals surface area contributed by atoms with Crippen LogP contribution in [0.25, 0.3) is 22.4 Å². The van der Waals surface area contributed by atoms with Gasteiger partial charge in [0.25, 0.3) is 0 Å². The lowest BCUT2D eigenvalue weighted by atomic mass is 10.0. The number of fused-ring (bicyclic) bond motifs is 1. The van der Waals surface area contributed by atoms with E-state index in [1.165, 1.54) is 30.6 Å². The number of anilines is 1. The van der Waals surface area contributed by atoms with E-state index in [0.717, 1.165) is 11.1 Å². The Morgan fingerprint density at radius 3 is 2.39 bits per heavy atom. The number of aromatic nitrogens is 2. The lowest BCUT2D eigenvalue weighted by molar-refractivity contribution is 0.151. The van der Waals surface area contributed by atoms with Gasteiger partial charge in [0, 0.05) is 17.5 Å². The summed E-state index contributed by atoms with van der Waals surface area (Å²) in [6.07, 6.45) is 2.20. The van der Waals surface area contributed by atoms with Crippen LogP contribution in [0, 0.1) is 5.82 Å². The maximum atomic E-state index is 15.0.